The number of fused-ring (bicyclic) bond motifs is 1. The second kappa shape index (κ2) is 36.6. The smallest absolute Gasteiger partial charge is 0.343 e. The van der Waals surface area contributed by atoms with Crippen molar-refractivity contribution in [1.82, 2.24) is 60.0 Å². The molecule has 3 saturated heterocycles. The molecule has 0 radical (unpaired) electrons. The molecule has 0 aromatic heterocycles. The molecule has 7 rings (SSSR count). The summed E-state index contributed by atoms with van der Waals surface area (Å²) in [4.78, 5) is 188. The van der Waals surface area contributed by atoms with Gasteiger partial charge in [-0.25, -0.2) is 0 Å². The van der Waals surface area contributed by atoms with E-state index in [9.17, 15) is 64.7 Å². The Morgan fingerprint density at radius 1 is 0.612 bits per heavy atom. The molecule has 8 atom stereocenters. The zero-order valence-electron chi connectivity index (χ0n) is 61.2. The van der Waals surface area contributed by atoms with E-state index in [4.69, 9.17) is 11.6 Å². The maximum Gasteiger partial charge on any atom is 0.417 e. The average molecular weight is 1480 g/mol. The SMILES string of the molecule is CC[C@H](C)[C@@H]1NC(=O)[C@H](CC(F)(F)F)N(C)C(=O)C[C@@H](CC(=O)N2CCCCC2)N(C)C(=O)[C@H](C2CCCCC2)N(C)C(=O)C2(CCCC2)NC(=O)[C@@H]2CCCN2C(=O)[C@H](CCc2ccc(C(F)(F)F)c(Cl)c2)NC(=O)CN(C)C(=O)[C@H](CC2CCCCC2)N(C)C(=O)CN(C)C(=O)CN(C)C1=O. The van der Waals surface area contributed by atoms with Gasteiger partial charge in [0.1, 0.15) is 41.8 Å². The molecule has 0 bridgehead atoms. The van der Waals surface area contributed by atoms with E-state index in [0.29, 0.717) is 69.4 Å². The Labute approximate surface area is 605 Å². The molecule has 24 nitrogen and oxygen atoms in total. The fraction of sp³-hybridized carbons (Fsp3) is 0.750. The normalized spacial score (nSPS) is 26.6. The highest BCUT2D eigenvalue weighted by molar-refractivity contribution is 6.31. The largest absolute Gasteiger partial charge is 0.417 e. The van der Waals surface area contributed by atoms with Gasteiger partial charge in [-0.1, -0.05) is 102 Å². The zero-order valence-corrected chi connectivity index (χ0v) is 62.0. The summed E-state index contributed by atoms with van der Waals surface area (Å²) < 4.78 is 86.1. The summed E-state index contributed by atoms with van der Waals surface area (Å²) in [5, 5.41) is 7.60. The highest BCUT2D eigenvalue weighted by atomic mass is 35.5. The minimum atomic E-state index is -5.08. The van der Waals surface area contributed by atoms with E-state index in [0.717, 1.165) is 78.8 Å². The number of likely N-dealkylation sites (N-methyl/N-ethyl adjacent to an activating group) is 7. The molecule has 3 aliphatic carbocycles. The van der Waals surface area contributed by atoms with Crippen molar-refractivity contribution in [3.63, 3.8) is 0 Å². The Kier molecular flexibility index (Phi) is 29.5. The Balaban J connectivity index is 1.29. The van der Waals surface area contributed by atoms with Crippen molar-refractivity contribution in [3.05, 3.63) is 34.3 Å². The number of nitrogens with one attached hydrogen (secondary N) is 3. The summed E-state index contributed by atoms with van der Waals surface area (Å²) in [6, 6.07) is -7.34. The predicted molar refractivity (Wildman–Crippen MR) is 369 cm³/mol. The van der Waals surface area contributed by atoms with Gasteiger partial charge in [0.2, 0.25) is 70.9 Å². The van der Waals surface area contributed by atoms with Crippen LogP contribution in [-0.2, 0) is 70.1 Å². The van der Waals surface area contributed by atoms with Crippen LogP contribution >= 0.6 is 11.6 Å². The minimum absolute atomic E-state index is 0.00729. The number of carbonyl (C=O) groups is 12. The van der Waals surface area contributed by atoms with E-state index in [1.807, 2.05) is 0 Å². The van der Waals surface area contributed by atoms with Crippen molar-refractivity contribution < 1.29 is 83.9 Å². The number of hydrogen-bond donors (Lipinski definition) is 3. The molecule has 3 saturated carbocycles. The molecule has 3 heterocycles. The third kappa shape index (κ3) is 21.7. The van der Waals surface area contributed by atoms with E-state index in [1.54, 1.807) is 18.7 Å². The maximum atomic E-state index is 15.7. The molecule has 6 aliphatic rings. The average Bonchev–Trinajstić information content (AvgIpc) is 1.71. The van der Waals surface area contributed by atoms with Crippen LogP contribution in [0.3, 0.4) is 0 Å². The van der Waals surface area contributed by atoms with Crippen LogP contribution in [0, 0.1) is 17.8 Å². The summed E-state index contributed by atoms with van der Waals surface area (Å²) in [6.07, 6.45) is -2.15. The number of piperidine rings is 1. The molecule has 1 aromatic carbocycles. The topological polar surface area (TPSA) is 270 Å². The summed E-state index contributed by atoms with van der Waals surface area (Å²) in [6.45, 7) is 1.93. The molecule has 12 amide bonds. The standard InChI is InChI=1S/C72H107ClF6N12O12/c1-10-45(2)61-67(101)85(5)43-59(95)83(3)44-60(96)87(7)54(38-46-23-14-11-15-24-46)66(100)84(4)42-56(92)80-52(31-29-47-28-30-50(51(73)37-47)72(77,78)79)65(99)91-36-22-27-53(91)64(98)82-70(32-18-19-33-70)69(103)89(9)62(48-25-16-12-17-26-48)68(102)86(6)49(40-58(94)90-34-20-13-21-35-90)39-57(93)88(8)55(63(97)81-61)41-71(74,75)76/h28,30,37,45-46,48-49,52-55,61-62H,10-27,29,31-36,38-44H2,1-9H3,(H,80,92)(H,81,97)(H,82,98)/t45-,49-,52-,53-,54-,55-,61-,62-/m0/s1. The molecule has 1 spiro atoms. The number of amides is 12. The van der Waals surface area contributed by atoms with Crippen molar-refractivity contribution in [2.75, 3.05) is 88.6 Å². The summed E-state index contributed by atoms with van der Waals surface area (Å²) in [5.74, 6) is -11.0. The lowest BCUT2D eigenvalue weighted by atomic mass is 9.81. The minimum Gasteiger partial charge on any atom is -0.343 e. The van der Waals surface area contributed by atoms with Crippen LogP contribution in [0.25, 0.3) is 0 Å². The fourth-order valence-corrected chi connectivity index (χ4v) is 16.1. The molecular weight excluding hydrogens is 1370 g/mol. The van der Waals surface area contributed by atoms with Crippen molar-refractivity contribution in [1.29, 1.82) is 0 Å². The number of nitrogens with zero attached hydrogens (tertiary/aromatic N) is 9. The lowest BCUT2D eigenvalue weighted by molar-refractivity contribution is -0.162. The van der Waals surface area contributed by atoms with E-state index >= 15 is 19.2 Å². The molecule has 103 heavy (non-hydrogen) atoms. The summed E-state index contributed by atoms with van der Waals surface area (Å²) in [7, 11) is 8.98. The molecule has 0 unspecified atom stereocenters. The first kappa shape index (κ1) is 83.0. The van der Waals surface area contributed by atoms with Gasteiger partial charge in [-0.3, -0.25) is 57.5 Å². The Bertz CT molecular complexity index is 3210. The number of likely N-dealkylation sites (tertiary alicyclic amines) is 1. The first-order valence-electron chi connectivity index (χ1n) is 36.7. The van der Waals surface area contributed by atoms with Gasteiger partial charge in [0.25, 0.3) is 0 Å². The molecule has 6 fully saturated rings. The molecule has 1 aromatic rings. The van der Waals surface area contributed by atoms with Crippen molar-refractivity contribution in [2.45, 2.75) is 241 Å². The number of carbonyl (C=O) groups excluding carboxylic acids is 12. The molecule has 3 N–H and O–H groups in total. The van der Waals surface area contributed by atoms with Crippen LogP contribution < -0.4 is 16.0 Å². The quantitative estimate of drug-likeness (QED) is 0.195. The van der Waals surface area contributed by atoms with Gasteiger partial charge in [-0.15, -0.1) is 0 Å². The van der Waals surface area contributed by atoms with Crippen molar-refractivity contribution in [2.24, 2.45) is 17.8 Å². The Morgan fingerprint density at radius 3 is 1.81 bits per heavy atom. The van der Waals surface area contributed by atoms with Crippen LogP contribution in [0.2, 0.25) is 5.02 Å². The van der Waals surface area contributed by atoms with Gasteiger partial charge in [-0.05, 0) is 112 Å². The predicted octanol–water partition coefficient (Wildman–Crippen LogP) is 6.72. The van der Waals surface area contributed by atoms with Crippen LogP contribution in [0.4, 0.5) is 26.3 Å². The van der Waals surface area contributed by atoms with Crippen molar-refractivity contribution in [3.8, 4) is 0 Å². The first-order chi connectivity index (χ1) is 48.5. The fourth-order valence-electron chi connectivity index (χ4n) is 15.8. The number of hydrogen-bond acceptors (Lipinski definition) is 12. The van der Waals surface area contributed by atoms with Gasteiger partial charge >= 0.3 is 12.4 Å². The maximum absolute atomic E-state index is 15.7. The number of aryl methyl sites for hydroxylation is 1. The third-order valence-corrected chi connectivity index (χ3v) is 22.7. The number of alkyl halides is 6. The lowest BCUT2D eigenvalue weighted by Gasteiger charge is -2.43. The van der Waals surface area contributed by atoms with Crippen molar-refractivity contribution >= 4 is 82.5 Å². The molecular formula is C72H107ClF6N12O12. The van der Waals surface area contributed by atoms with Crippen LogP contribution in [0.15, 0.2) is 18.2 Å². The number of benzene rings is 1. The van der Waals surface area contributed by atoms with E-state index in [2.05, 4.69) is 16.0 Å². The van der Waals surface area contributed by atoms with Crippen LogP contribution in [-0.4, -0.2) is 258 Å². The molecule has 576 valence electrons. The first-order valence-corrected chi connectivity index (χ1v) is 37.1. The van der Waals surface area contributed by atoms with Gasteiger partial charge in [0.05, 0.1) is 36.6 Å². The van der Waals surface area contributed by atoms with E-state index < -0.39 is 192 Å². The third-order valence-electron chi connectivity index (χ3n) is 22.4. The van der Waals surface area contributed by atoms with E-state index in [1.165, 1.54) is 68.0 Å². The number of halogens is 7. The van der Waals surface area contributed by atoms with Crippen LogP contribution in [0.5, 0.6) is 0 Å². The zero-order chi connectivity index (χ0) is 76.0. The lowest BCUT2D eigenvalue weighted by Crippen LogP contribution is -2.65. The van der Waals surface area contributed by atoms with Gasteiger partial charge in [0.15, 0.2) is 0 Å². The second-order valence-corrected chi connectivity index (χ2v) is 30.2. The highest BCUT2D eigenvalue weighted by Gasteiger charge is 2.51. The molecule has 3 aliphatic heterocycles. The Morgan fingerprint density at radius 2 is 1.20 bits per heavy atom. The monoisotopic (exact) mass is 1480 g/mol. The van der Waals surface area contributed by atoms with E-state index in [-0.39, 0.29) is 69.4 Å². The second-order valence-electron chi connectivity index (χ2n) is 29.8. The number of rotatable bonds is 11. The molecule has 31 heteroatoms. The van der Waals surface area contributed by atoms with Crippen LogP contribution in [0.1, 0.15) is 185 Å². The summed E-state index contributed by atoms with van der Waals surface area (Å²) in [5.41, 5.74) is -2.47. The highest BCUT2D eigenvalue weighted by Crippen LogP contribution is 2.39. The van der Waals surface area contributed by atoms with Gasteiger partial charge in [0, 0.05) is 87.9 Å². The Hall–Kier alpha value is -7.27. The summed E-state index contributed by atoms with van der Waals surface area (Å²) >= 11 is 6.15. The van der Waals surface area contributed by atoms with Gasteiger partial charge < -0.3 is 60.0 Å². The van der Waals surface area contributed by atoms with Gasteiger partial charge in [-0.2, -0.15) is 26.3 Å².